The third-order valence-electron chi connectivity index (χ3n) is 10.5. The van der Waals surface area contributed by atoms with Crippen LogP contribution in [0.1, 0.15) is 25.0 Å². The molecule has 1 aliphatic carbocycles. The summed E-state index contributed by atoms with van der Waals surface area (Å²) in [6, 6.07) is 68.6. The topological polar surface area (TPSA) is 3.24 Å². The van der Waals surface area contributed by atoms with Crippen molar-refractivity contribution < 1.29 is 0 Å². The summed E-state index contributed by atoms with van der Waals surface area (Å²) >= 11 is 0. The molecular weight excluding hydrogens is 603 g/mol. The molecule has 0 atom stereocenters. The van der Waals surface area contributed by atoms with Gasteiger partial charge >= 0.3 is 0 Å². The van der Waals surface area contributed by atoms with Crippen LogP contribution in [0.3, 0.4) is 0 Å². The molecule has 0 fully saturated rings. The van der Waals surface area contributed by atoms with Crippen LogP contribution in [-0.2, 0) is 5.41 Å². The molecule has 50 heavy (non-hydrogen) atoms. The Morgan fingerprint density at radius 1 is 0.340 bits per heavy atom. The molecule has 1 aliphatic rings. The Hall–Kier alpha value is -6.18. The van der Waals surface area contributed by atoms with E-state index in [9.17, 15) is 0 Å². The van der Waals surface area contributed by atoms with Gasteiger partial charge in [-0.05, 0) is 103 Å². The molecule has 9 rings (SSSR count). The van der Waals surface area contributed by atoms with Crippen molar-refractivity contribution in [2.24, 2.45) is 0 Å². The molecule has 8 aromatic carbocycles. The summed E-state index contributed by atoms with van der Waals surface area (Å²) in [6.45, 7) is 4.71. The Bertz CT molecular complexity index is 2520. The maximum absolute atomic E-state index is 2.43. The fourth-order valence-electron chi connectivity index (χ4n) is 7.99. The van der Waals surface area contributed by atoms with Gasteiger partial charge < -0.3 is 4.90 Å². The number of benzene rings is 8. The Morgan fingerprint density at radius 2 is 0.840 bits per heavy atom. The number of anilines is 3. The third-order valence-corrected chi connectivity index (χ3v) is 10.5. The van der Waals surface area contributed by atoms with E-state index in [1.54, 1.807) is 0 Å². The highest BCUT2D eigenvalue weighted by molar-refractivity contribution is 5.98. The molecule has 0 heterocycles. The highest BCUT2D eigenvalue weighted by atomic mass is 15.1. The number of nitrogens with zero attached hydrogens (tertiary/aromatic N) is 1. The summed E-state index contributed by atoms with van der Waals surface area (Å²) in [7, 11) is 0. The average molecular weight is 640 g/mol. The van der Waals surface area contributed by atoms with Gasteiger partial charge in [-0.2, -0.15) is 0 Å². The van der Waals surface area contributed by atoms with Crippen LogP contribution in [0.4, 0.5) is 17.1 Å². The molecule has 1 heteroatoms. The summed E-state index contributed by atoms with van der Waals surface area (Å²) < 4.78 is 0. The summed E-state index contributed by atoms with van der Waals surface area (Å²) in [5.74, 6) is 0. The minimum Gasteiger partial charge on any atom is -0.310 e. The molecule has 0 bridgehead atoms. The van der Waals surface area contributed by atoms with E-state index < -0.39 is 0 Å². The molecule has 0 saturated heterocycles. The molecule has 238 valence electrons. The zero-order chi connectivity index (χ0) is 33.7. The van der Waals surface area contributed by atoms with Gasteiger partial charge in [0.15, 0.2) is 0 Å². The maximum Gasteiger partial charge on any atom is 0.0467 e. The molecule has 0 saturated carbocycles. The fraction of sp³-hybridized carbons (Fsp3) is 0.0612. The normalized spacial score (nSPS) is 12.8. The molecule has 0 N–H and O–H groups in total. The second kappa shape index (κ2) is 12.1. The first-order chi connectivity index (χ1) is 24.6. The van der Waals surface area contributed by atoms with Crippen molar-refractivity contribution in [3.8, 4) is 44.5 Å². The number of rotatable bonds is 6. The molecule has 8 aromatic rings. The van der Waals surface area contributed by atoms with Crippen LogP contribution in [0.25, 0.3) is 55.3 Å². The standard InChI is InChI=1S/C49H37N/c1-49(2)47-28-11-10-26-45(47)46-30-29-40(33-48(46)49)50(39-22-13-20-37(32-39)44-27-14-18-35-17-6-7-23-42(35)44)38-21-12-19-36(31-38)43-25-9-8-24-41(43)34-15-4-3-5-16-34/h3-33H,1-2H3. The predicted molar refractivity (Wildman–Crippen MR) is 213 cm³/mol. The van der Waals surface area contributed by atoms with Gasteiger partial charge in [0.25, 0.3) is 0 Å². The molecule has 0 aliphatic heterocycles. The average Bonchev–Trinajstić information content (AvgIpc) is 3.41. The van der Waals surface area contributed by atoms with E-state index in [2.05, 4.69) is 207 Å². The van der Waals surface area contributed by atoms with Crippen LogP contribution in [0.5, 0.6) is 0 Å². The third kappa shape index (κ3) is 5.02. The van der Waals surface area contributed by atoms with Gasteiger partial charge in [0, 0.05) is 22.5 Å². The fourth-order valence-corrected chi connectivity index (χ4v) is 7.99. The van der Waals surface area contributed by atoms with E-state index in [1.165, 1.54) is 66.4 Å². The van der Waals surface area contributed by atoms with Gasteiger partial charge in [-0.15, -0.1) is 0 Å². The van der Waals surface area contributed by atoms with Gasteiger partial charge in [0.1, 0.15) is 0 Å². The minimum absolute atomic E-state index is 0.102. The predicted octanol–water partition coefficient (Wildman–Crippen LogP) is 13.6. The van der Waals surface area contributed by atoms with Crippen LogP contribution < -0.4 is 4.90 Å². The van der Waals surface area contributed by atoms with E-state index in [-0.39, 0.29) is 5.41 Å². The van der Waals surface area contributed by atoms with Crippen molar-refractivity contribution in [1.29, 1.82) is 0 Å². The van der Waals surface area contributed by atoms with Gasteiger partial charge in [0.05, 0.1) is 0 Å². The molecule has 1 nitrogen and oxygen atoms in total. The van der Waals surface area contributed by atoms with Gasteiger partial charge in [-0.25, -0.2) is 0 Å². The van der Waals surface area contributed by atoms with Gasteiger partial charge in [-0.3, -0.25) is 0 Å². The van der Waals surface area contributed by atoms with Crippen molar-refractivity contribution >= 4 is 27.8 Å². The molecule has 0 radical (unpaired) electrons. The van der Waals surface area contributed by atoms with Crippen molar-refractivity contribution in [3.05, 3.63) is 199 Å². The van der Waals surface area contributed by atoms with Crippen LogP contribution >= 0.6 is 0 Å². The summed E-state index contributed by atoms with van der Waals surface area (Å²) in [5.41, 5.74) is 16.0. The van der Waals surface area contributed by atoms with E-state index in [0.29, 0.717) is 0 Å². The zero-order valence-electron chi connectivity index (χ0n) is 28.3. The quantitative estimate of drug-likeness (QED) is 0.175. The molecule has 0 aromatic heterocycles. The lowest BCUT2D eigenvalue weighted by Crippen LogP contribution is -2.16. The highest BCUT2D eigenvalue weighted by Crippen LogP contribution is 2.51. The minimum atomic E-state index is -0.102. The lowest BCUT2D eigenvalue weighted by atomic mass is 9.82. The second-order valence-electron chi connectivity index (χ2n) is 13.8. The number of hydrogen-bond acceptors (Lipinski definition) is 1. The van der Waals surface area contributed by atoms with Crippen molar-refractivity contribution in [2.45, 2.75) is 19.3 Å². The zero-order valence-corrected chi connectivity index (χ0v) is 28.3. The first-order valence-corrected chi connectivity index (χ1v) is 17.4. The first kappa shape index (κ1) is 29.9. The Balaban J connectivity index is 1.23. The Kier molecular flexibility index (Phi) is 7.21. The highest BCUT2D eigenvalue weighted by Gasteiger charge is 2.35. The van der Waals surface area contributed by atoms with E-state index in [4.69, 9.17) is 0 Å². The maximum atomic E-state index is 2.43. The molecule has 0 spiro atoms. The van der Waals surface area contributed by atoms with Crippen LogP contribution in [-0.4, -0.2) is 0 Å². The van der Waals surface area contributed by atoms with Crippen LogP contribution in [0, 0.1) is 0 Å². The molecule has 0 unspecified atom stereocenters. The smallest absolute Gasteiger partial charge is 0.0467 e. The van der Waals surface area contributed by atoms with Crippen molar-refractivity contribution in [2.75, 3.05) is 4.90 Å². The second-order valence-corrected chi connectivity index (χ2v) is 13.8. The first-order valence-electron chi connectivity index (χ1n) is 17.4. The van der Waals surface area contributed by atoms with Crippen molar-refractivity contribution in [3.63, 3.8) is 0 Å². The number of hydrogen-bond donors (Lipinski definition) is 0. The Labute approximate surface area is 294 Å². The monoisotopic (exact) mass is 639 g/mol. The number of fused-ring (bicyclic) bond motifs is 4. The van der Waals surface area contributed by atoms with E-state index >= 15 is 0 Å². The lowest BCUT2D eigenvalue weighted by molar-refractivity contribution is 0.660. The summed E-state index contributed by atoms with van der Waals surface area (Å²) in [4.78, 5) is 2.43. The van der Waals surface area contributed by atoms with Gasteiger partial charge in [-0.1, -0.05) is 166 Å². The van der Waals surface area contributed by atoms with Crippen LogP contribution in [0.2, 0.25) is 0 Å². The van der Waals surface area contributed by atoms with Crippen LogP contribution in [0.15, 0.2) is 188 Å². The summed E-state index contributed by atoms with van der Waals surface area (Å²) in [5, 5.41) is 2.51. The van der Waals surface area contributed by atoms with E-state index in [1.807, 2.05) is 0 Å². The van der Waals surface area contributed by atoms with E-state index in [0.717, 1.165) is 17.1 Å². The lowest BCUT2D eigenvalue weighted by Gasteiger charge is -2.29. The molecule has 0 amide bonds. The molecular formula is C49H37N. The SMILES string of the molecule is CC1(C)c2ccccc2-c2ccc(N(c3cccc(-c4ccccc4-c4ccccc4)c3)c3cccc(-c4cccc5ccccc45)c3)cc21. The van der Waals surface area contributed by atoms with Crippen molar-refractivity contribution in [1.82, 2.24) is 0 Å². The summed E-state index contributed by atoms with van der Waals surface area (Å²) in [6.07, 6.45) is 0. The van der Waals surface area contributed by atoms with Gasteiger partial charge in [0.2, 0.25) is 0 Å². The Morgan fingerprint density at radius 3 is 1.60 bits per heavy atom. The largest absolute Gasteiger partial charge is 0.310 e.